The molecule has 1 aliphatic carbocycles. The quantitative estimate of drug-likeness (QED) is 0.675. The summed E-state index contributed by atoms with van der Waals surface area (Å²) in [7, 11) is 1.62. The molecule has 1 N–H and O–H groups in total. The van der Waals surface area contributed by atoms with E-state index in [1.54, 1.807) is 18.1 Å². The summed E-state index contributed by atoms with van der Waals surface area (Å²) in [6.45, 7) is 0. The molecule has 0 atom stereocenters. The molecule has 1 aromatic carbocycles. The lowest BCUT2D eigenvalue weighted by atomic mass is 10.2. The second-order valence-corrected chi connectivity index (χ2v) is 5.06. The summed E-state index contributed by atoms with van der Waals surface area (Å²) in [6, 6.07) is 7.86. The van der Waals surface area contributed by atoms with E-state index in [0.29, 0.717) is 16.9 Å². The van der Waals surface area contributed by atoms with Gasteiger partial charge in [-0.15, -0.1) is 0 Å². The molecule has 5 heteroatoms. The zero-order chi connectivity index (χ0) is 13.4. The highest BCUT2D eigenvalue weighted by Gasteiger charge is 2.41. The Labute approximate surface area is 117 Å². The lowest BCUT2D eigenvalue weighted by Gasteiger charge is -2.11. The Kier molecular flexibility index (Phi) is 2.98. The summed E-state index contributed by atoms with van der Waals surface area (Å²) in [5.74, 6) is 0.733. The van der Waals surface area contributed by atoms with Crippen LogP contribution in [0.5, 0.6) is 5.75 Å². The van der Waals surface area contributed by atoms with Crippen LogP contribution in [0.25, 0.3) is 6.08 Å². The molecule has 1 aromatic rings. The van der Waals surface area contributed by atoms with E-state index >= 15 is 0 Å². The first-order valence-electron chi connectivity index (χ1n) is 6.19. The van der Waals surface area contributed by atoms with Crippen LogP contribution in [0.4, 0.5) is 0 Å². The lowest BCUT2D eigenvalue weighted by Crippen LogP contribution is -2.32. The number of nitrogens with zero attached hydrogens (tertiary/aromatic N) is 1. The normalized spacial score (nSPS) is 20.9. The number of benzene rings is 1. The second-order valence-electron chi connectivity index (χ2n) is 4.67. The van der Waals surface area contributed by atoms with Crippen molar-refractivity contribution >= 4 is 29.3 Å². The monoisotopic (exact) mass is 274 g/mol. The van der Waals surface area contributed by atoms with Gasteiger partial charge in [-0.05, 0) is 48.8 Å². The van der Waals surface area contributed by atoms with Crippen molar-refractivity contribution < 1.29 is 9.53 Å². The Morgan fingerprint density at radius 2 is 2.26 bits per heavy atom. The van der Waals surface area contributed by atoms with Crippen LogP contribution in [0.3, 0.4) is 0 Å². The second kappa shape index (κ2) is 4.66. The third kappa shape index (κ3) is 2.33. The van der Waals surface area contributed by atoms with Gasteiger partial charge in [0.25, 0.3) is 5.91 Å². The van der Waals surface area contributed by atoms with Crippen LogP contribution in [-0.2, 0) is 4.79 Å². The summed E-state index contributed by atoms with van der Waals surface area (Å²) in [4.78, 5) is 13.9. The Balaban J connectivity index is 1.87. The molecule has 19 heavy (non-hydrogen) atoms. The van der Waals surface area contributed by atoms with E-state index in [0.717, 1.165) is 24.2 Å². The molecule has 1 saturated heterocycles. The minimum absolute atomic E-state index is 0.0321. The molecular formula is C14H14N2O2S. The number of hydrogen-bond donors (Lipinski definition) is 1. The van der Waals surface area contributed by atoms with Crippen LogP contribution < -0.4 is 10.1 Å². The Bertz CT molecular complexity index is 579. The van der Waals surface area contributed by atoms with Crippen molar-refractivity contribution in [2.75, 3.05) is 7.11 Å². The van der Waals surface area contributed by atoms with Gasteiger partial charge in [-0.25, -0.2) is 0 Å². The fraction of sp³-hybridized carbons (Fsp3) is 0.286. The molecule has 1 amide bonds. The van der Waals surface area contributed by atoms with E-state index in [9.17, 15) is 4.79 Å². The van der Waals surface area contributed by atoms with Crippen molar-refractivity contribution in [1.29, 1.82) is 0 Å². The summed E-state index contributed by atoms with van der Waals surface area (Å²) < 4.78 is 5.17. The number of carbonyl (C=O) groups excluding carboxylic acids is 1. The number of ether oxygens (including phenoxy) is 1. The molecule has 1 saturated carbocycles. The number of hydrogen-bond acceptors (Lipinski definition) is 3. The van der Waals surface area contributed by atoms with E-state index in [2.05, 4.69) is 5.32 Å². The van der Waals surface area contributed by atoms with Gasteiger partial charge in [-0.2, -0.15) is 0 Å². The maximum atomic E-state index is 12.2. The number of methoxy groups -OCH3 is 1. The number of carbonyl (C=O) groups is 1. The topological polar surface area (TPSA) is 41.6 Å². The predicted molar refractivity (Wildman–Crippen MR) is 76.6 cm³/mol. The first-order chi connectivity index (χ1) is 9.19. The van der Waals surface area contributed by atoms with E-state index in [-0.39, 0.29) is 5.91 Å². The third-order valence-corrected chi connectivity index (χ3v) is 3.53. The fourth-order valence-corrected chi connectivity index (χ4v) is 2.45. The molecular weight excluding hydrogens is 260 g/mol. The lowest BCUT2D eigenvalue weighted by molar-refractivity contribution is -0.122. The molecule has 0 spiro atoms. The molecule has 2 fully saturated rings. The van der Waals surface area contributed by atoms with Crippen molar-refractivity contribution in [3.8, 4) is 5.75 Å². The SMILES string of the molecule is COc1cccc(/C=C2/NC(=S)N(C3CC3)C2=O)c1. The molecule has 4 nitrogen and oxygen atoms in total. The Morgan fingerprint density at radius 1 is 1.47 bits per heavy atom. The predicted octanol–water partition coefficient (Wildman–Crippen LogP) is 1.92. The van der Waals surface area contributed by atoms with E-state index in [4.69, 9.17) is 17.0 Å². The molecule has 0 radical (unpaired) electrons. The highest BCUT2D eigenvalue weighted by molar-refractivity contribution is 7.80. The van der Waals surface area contributed by atoms with Crippen LogP contribution in [-0.4, -0.2) is 29.1 Å². The Hall–Kier alpha value is -1.88. The van der Waals surface area contributed by atoms with Gasteiger partial charge in [0.2, 0.25) is 0 Å². The van der Waals surface area contributed by atoms with E-state index in [1.807, 2.05) is 24.3 Å². The van der Waals surface area contributed by atoms with Gasteiger partial charge in [0, 0.05) is 6.04 Å². The minimum Gasteiger partial charge on any atom is -0.497 e. The maximum Gasteiger partial charge on any atom is 0.276 e. The van der Waals surface area contributed by atoms with Gasteiger partial charge < -0.3 is 10.1 Å². The van der Waals surface area contributed by atoms with Gasteiger partial charge in [-0.3, -0.25) is 9.69 Å². The molecule has 1 aliphatic heterocycles. The number of nitrogens with one attached hydrogen (secondary N) is 1. The van der Waals surface area contributed by atoms with Crippen molar-refractivity contribution in [3.63, 3.8) is 0 Å². The average molecular weight is 274 g/mol. The van der Waals surface area contributed by atoms with Crippen LogP contribution in [0.1, 0.15) is 18.4 Å². The van der Waals surface area contributed by atoms with Gasteiger partial charge in [0.05, 0.1) is 7.11 Å². The van der Waals surface area contributed by atoms with Crippen LogP contribution in [0.2, 0.25) is 0 Å². The van der Waals surface area contributed by atoms with Crippen LogP contribution >= 0.6 is 12.2 Å². The first-order valence-corrected chi connectivity index (χ1v) is 6.60. The number of rotatable bonds is 3. The highest BCUT2D eigenvalue weighted by Crippen LogP contribution is 2.31. The van der Waals surface area contributed by atoms with Crippen LogP contribution in [0.15, 0.2) is 30.0 Å². The third-order valence-electron chi connectivity index (χ3n) is 3.23. The van der Waals surface area contributed by atoms with Crippen LogP contribution in [0, 0.1) is 0 Å². The van der Waals surface area contributed by atoms with Crippen molar-refractivity contribution in [1.82, 2.24) is 10.2 Å². The molecule has 0 unspecified atom stereocenters. The summed E-state index contributed by atoms with van der Waals surface area (Å²) in [5.41, 5.74) is 1.45. The smallest absolute Gasteiger partial charge is 0.276 e. The molecule has 98 valence electrons. The zero-order valence-electron chi connectivity index (χ0n) is 10.6. The molecule has 0 aromatic heterocycles. The molecule has 3 rings (SSSR count). The van der Waals surface area contributed by atoms with Gasteiger partial charge in [-0.1, -0.05) is 12.1 Å². The number of amides is 1. The molecule has 2 aliphatic rings. The zero-order valence-corrected chi connectivity index (χ0v) is 11.4. The van der Waals surface area contributed by atoms with Crippen molar-refractivity contribution in [3.05, 3.63) is 35.5 Å². The van der Waals surface area contributed by atoms with Crippen molar-refractivity contribution in [2.45, 2.75) is 18.9 Å². The Morgan fingerprint density at radius 3 is 2.95 bits per heavy atom. The molecule has 0 bridgehead atoms. The highest BCUT2D eigenvalue weighted by atomic mass is 32.1. The van der Waals surface area contributed by atoms with Gasteiger partial charge in [0.15, 0.2) is 5.11 Å². The largest absolute Gasteiger partial charge is 0.497 e. The summed E-state index contributed by atoms with van der Waals surface area (Å²) in [6.07, 6.45) is 3.89. The van der Waals surface area contributed by atoms with Gasteiger partial charge in [0.1, 0.15) is 11.4 Å². The summed E-state index contributed by atoms with van der Waals surface area (Å²) in [5, 5.41) is 3.50. The minimum atomic E-state index is -0.0321. The summed E-state index contributed by atoms with van der Waals surface area (Å²) >= 11 is 5.20. The van der Waals surface area contributed by atoms with Crippen molar-refractivity contribution in [2.24, 2.45) is 0 Å². The molecule has 1 heterocycles. The van der Waals surface area contributed by atoms with E-state index < -0.39 is 0 Å². The fourth-order valence-electron chi connectivity index (χ4n) is 2.11. The van der Waals surface area contributed by atoms with Gasteiger partial charge >= 0.3 is 0 Å². The van der Waals surface area contributed by atoms with E-state index in [1.165, 1.54) is 0 Å². The number of thiocarbonyl (C=S) groups is 1. The average Bonchev–Trinajstić information content (AvgIpc) is 3.19. The maximum absolute atomic E-state index is 12.2. The first kappa shape index (κ1) is 12.2. The standard InChI is InChI=1S/C14H14N2O2S/c1-18-11-4-2-3-9(7-11)8-12-13(17)16(10-5-6-10)14(19)15-12/h2-4,7-8,10H,5-6H2,1H3,(H,15,19)/b12-8+.